The molecule has 2 aromatic rings. The molecule has 1 saturated carbocycles. The number of hydrogen-bond donors (Lipinski definition) is 0. The molecule has 1 aliphatic carbocycles. The van der Waals surface area contributed by atoms with Crippen LogP contribution >= 0.6 is 11.3 Å². The summed E-state index contributed by atoms with van der Waals surface area (Å²) in [6.07, 6.45) is 7.18. The van der Waals surface area contributed by atoms with Gasteiger partial charge in [-0.1, -0.05) is 12.8 Å². The summed E-state index contributed by atoms with van der Waals surface area (Å²) in [5, 5.41) is 0. The van der Waals surface area contributed by atoms with Crippen LogP contribution in [0.15, 0.2) is 16.3 Å². The van der Waals surface area contributed by atoms with Crippen LogP contribution in [0, 0.1) is 19.3 Å². The van der Waals surface area contributed by atoms with Crippen LogP contribution in [-0.2, 0) is 4.79 Å². The number of rotatable bonds is 3. The van der Waals surface area contributed by atoms with Crippen LogP contribution in [0.1, 0.15) is 71.4 Å². The second-order valence-corrected chi connectivity index (χ2v) is 9.46. The molecular formula is C21H26N4O3S. The Bertz CT molecular complexity index is 937. The minimum atomic E-state index is -0.207. The first-order chi connectivity index (χ1) is 14.0. The molecule has 2 saturated heterocycles. The molecule has 3 fully saturated rings. The van der Waals surface area contributed by atoms with Crippen molar-refractivity contribution in [3.05, 3.63) is 33.9 Å². The first-order valence-electron chi connectivity index (χ1n) is 10.4. The van der Waals surface area contributed by atoms with Crippen molar-refractivity contribution in [1.29, 1.82) is 0 Å². The van der Waals surface area contributed by atoms with Crippen molar-refractivity contribution >= 4 is 23.2 Å². The highest BCUT2D eigenvalue weighted by Crippen LogP contribution is 2.61. The van der Waals surface area contributed by atoms with Crippen LogP contribution in [0.4, 0.5) is 0 Å². The Morgan fingerprint density at radius 1 is 1.17 bits per heavy atom. The third-order valence-electron chi connectivity index (χ3n) is 7.07. The largest absolute Gasteiger partial charge is 0.438 e. The van der Waals surface area contributed by atoms with Gasteiger partial charge in [-0.15, -0.1) is 11.3 Å². The van der Waals surface area contributed by atoms with Crippen LogP contribution in [0.3, 0.4) is 0 Å². The molecule has 29 heavy (non-hydrogen) atoms. The van der Waals surface area contributed by atoms with E-state index in [-0.39, 0.29) is 23.4 Å². The van der Waals surface area contributed by atoms with E-state index in [0.717, 1.165) is 44.2 Å². The predicted octanol–water partition coefficient (Wildman–Crippen LogP) is 3.50. The smallest absolute Gasteiger partial charge is 0.291 e. The maximum absolute atomic E-state index is 13.4. The van der Waals surface area contributed by atoms with E-state index in [2.05, 4.69) is 21.8 Å². The van der Waals surface area contributed by atoms with Crippen LogP contribution < -0.4 is 0 Å². The van der Waals surface area contributed by atoms with Crippen molar-refractivity contribution in [2.24, 2.45) is 5.41 Å². The van der Waals surface area contributed by atoms with Gasteiger partial charge in [0.15, 0.2) is 6.39 Å². The highest BCUT2D eigenvalue weighted by Gasteiger charge is 2.64. The monoisotopic (exact) mass is 414 g/mol. The standard InChI is InChI=1S/C21H26N4O3S/c1-13-16(28-11-22-13)19(26)24-9-5-15(6-10-24)25-18(17-14(2)23-12-29-17)21(20(25)27)7-3-4-8-21/h11-12,15,18H,3-10H2,1-2H3. The summed E-state index contributed by atoms with van der Waals surface area (Å²) in [7, 11) is 0. The normalized spacial score (nSPS) is 24.3. The first kappa shape index (κ1) is 18.8. The lowest BCUT2D eigenvalue weighted by atomic mass is 9.67. The Labute approximate surface area is 174 Å². The van der Waals surface area contributed by atoms with Crippen LogP contribution in [-0.4, -0.2) is 50.7 Å². The van der Waals surface area contributed by atoms with E-state index < -0.39 is 0 Å². The Hall–Kier alpha value is -2.22. The molecule has 2 aliphatic heterocycles. The lowest BCUT2D eigenvalue weighted by Crippen LogP contribution is -2.66. The molecule has 2 aromatic heterocycles. The number of β-lactam (4-membered cyclic amide) rings is 1. The molecule has 7 nitrogen and oxygen atoms in total. The fraction of sp³-hybridized carbons (Fsp3) is 0.619. The quantitative estimate of drug-likeness (QED) is 0.718. The van der Waals surface area contributed by atoms with Crippen molar-refractivity contribution in [2.75, 3.05) is 13.1 Å². The minimum Gasteiger partial charge on any atom is -0.438 e. The third-order valence-corrected chi connectivity index (χ3v) is 8.06. The Balaban J connectivity index is 1.33. The first-order valence-corrected chi connectivity index (χ1v) is 11.3. The van der Waals surface area contributed by atoms with Crippen LogP contribution in [0.25, 0.3) is 0 Å². The predicted molar refractivity (Wildman–Crippen MR) is 108 cm³/mol. The fourth-order valence-corrected chi connectivity index (χ4v) is 6.53. The zero-order valence-electron chi connectivity index (χ0n) is 16.9. The van der Waals surface area contributed by atoms with Gasteiger partial charge in [0.1, 0.15) is 0 Å². The van der Waals surface area contributed by atoms with Gasteiger partial charge in [-0.2, -0.15) is 0 Å². The van der Waals surface area contributed by atoms with Crippen LogP contribution in [0.5, 0.6) is 0 Å². The number of aryl methyl sites for hydroxylation is 2. The van der Waals surface area contributed by atoms with Gasteiger partial charge in [-0.05, 0) is 39.5 Å². The number of likely N-dealkylation sites (tertiary alicyclic amines) is 2. The minimum absolute atomic E-state index is 0.101. The zero-order valence-corrected chi connectivity index (χ0v) is 17.7. The van der Waals surface area contributed by atoms with E-state index in [9.17, 15) is 9.59 Å². The van der Waals surface area contributed by atoms with Gasteiger partial charge in [0, 0.05) is 19.1 Å². The molecule has 0 radical (unpaired) electrons. The number of nitrogens with zero attached hydrogens (tertiary/aromatic N) is 4. The number of aromatic nitrogens is 2. The Morgan fingerprint density at radius 3 is 2.48 bits per heavy atom. The van der Waals surface area contributed by atoms with Gasteiger partial charge in [0.05, 0.1) is 33.2 Å². The molecule has 1 atom stereocenters. The Kier molecular flexibility index (Phi) is 4.49. The van der Waals surface area contributed by atoms with Crippen LogP contribution in [0.2, 0.25) is 0 Å². The van der Waals surface area contributed by atoms with E-state index >= 15 is 0 Å². The summed E-state index contributed by atoms with van der Waals surface area (Å²) >= 11 is 1.68. The highest BCUT2D eigenvalue weighted by molar-refractivity contribution is 7.09. The molecule has 5 rings (SSSR count). The van der Waals surface area contributed by atoms with Crippen molar-refractivity contribution in [1.82, 2.24) is 19.8 Å². The van der Waals surface area contributed by atoms with E-state index in [1.54, 1.807) is 18.3 Å². The molecule has 3 aliphatic rings. The Morgan fingerprint density at radius 2 is 1.90 bits per heavy atom. The summed E-state index contributed by atoms with van der Waals surface area (Å²) in [6.45, 7) is 5.10. The maximum atomic E-state index is 13.4. The fourth-order valence-electron chi connectivity index (χ4n) is 5.51. The van der Waals surface area contributed by atoms with Crippen molar-refractivity contribution in [3.63, 3.8) is 0 Å². The van der Waals surface area contributed by atoms with Gasteiger partial charge < -0.3 is 14.2 Å². The van der Waals surface area contributed by atoms with Gasteiger partial charge in [0.2, 0.25) is 11.7 Å². The van der Waals surface area contributed by atoms with E-state index in [1.165, 1.54) is 11.3 Å². The topological polar surface area (TPSA) is 79.5 Å². The molecule has 1 spiro atoms. The number of hydrogen-bond acceptors (Lipinski definition) is 6. The number of oxazole rings is 1. The summed E-state index contributed by atoms with van der Waals surface area (Å²) in [4.78, 5) is 39.8. The molecule has 0 aromatic carbocycles. The number of thiazole rings is 1. The van der Waals surface area contributed by atoms with Gasteiger partial charge in [-0.25, -0.2) is 9.97 Å². The second kappa shape index (κ2) is 6.93. The molecule has 1 unspecified atom stereocenters. The zero-order chi connectivity index (χ0) is 20.2. The second-order valence-electron chi connectivity index (χ2n) is 8.57. The van der Waals surface area contributed by atoms with E-state index in [1.807, 2.05) is 10.4 Å². The van der Waals surface area contributed by atoms with Crippen molar-refractivity contribution in [3.8, 4) is 0 Å². The average Bonchev–Trinajstić information content (AvgIpc) is 3.47. The molecular weight excluding hydrogens is 388 g/mol. The number of piperidine rings is 1. The summed E-state index contributed by atoms with van der Waals surface area (Å²) in [6, 6.07) is 0.342. The summed E-state index contributed by atoms with van der Waals surface area (Å²) in [5.74, 6) is 0.547. The lowest BCUT2D eigenvalue weighted by molar-refractivity contribution is -0.180. The maximum Gasteiger partial charge on any atom is 0.291 e. The summed E-state index contributed by atoms with van der Waals surface area (Å²) in [5.41, 5.74) is 3.37. The number of amides is 2. The lowest BCUT2D eigenvalue weighted by Gasteiger charge is -2.58. The van der Waals surface area contributed by atoms with Crippen molar-refractivity contribution in [2.45, 2.75) is 64.5 Å². The summed E-state index contributed by atoms with van der Waals surface area (Å²) < 4.78 is 5.27. The van der Waals surface area contributed by atoms with Gasteiger partial charge in [0.25, 0.3) is 5.91 Å². The average molecular weight is 415 g/mol. The van der Waals surface area contributed by atoms with Gasteiger partial charge in [-0.3, -0.25) is 9.59 Å². The number of carbonyl (C=O) groups is 2. The van der Waals surface area contributed by atoms with E-state index in [0.29, 0.717) is 30.5 Å². The van der Waals surface area contributed by atoms with Gasteiger partial charge >= 0.3 is 0 Å². The molecule has 8 heteroatoms. The van der Waals surface area contributed by atoms with E-state index in [4.69, 9.17) is 4.42 Å². The SMILES string of the molecule is Cc1ncoc1C(=O)N1CCC(N2C(=O)C3(CCCC3)C2c2scnc2C)CC1. The third kappa shape index (κ3) is 2.75. The highest BCUT2D eigenvalue weighted by atomic mass is 32.1. The molecule has 2 amide bonds. The number of carbonyl (C=O) groups excluding carboxylic acids is 2. The molecule has 0 N–H and O–H groups in total. The molecule has 154 valence electrons. The molecule has 0 bridgehead atoms. The van der Waals surface area contributed by atoms with Crippen molar-refractivity contribution < 1.29 is 14.0 Å². The molecule has 4 heterocycles.